The molecule has 0 saturated carbocycles. The molecule has 256 valence electrons. The van der Waals surface area contributed by atoms with E-state index < -0.39 is 51.6 Å². The van der Waals surface area contributed by atoms with Crippen molar-refractivity contribution >= 4 is 44.3 Å². The van der Waals surface area contributed by atoms with Gasteiger partial charge in [0, 0.05) is 42.1 Å². The van der Waals surface area contributed by atoms with Crippen molar-refractivity contribution in [2.45, 2.75) is 83.6 Å². The van der Waals surface area contributed by atoms with E-state index in [0.717, 1.165) is 23.1 Å². The molecule has 5 heterocycles. The fraction of sp³-hybridized carbons (Fsp3) is 0.606. The summed E-state index contributed by atoms with van der Waals surface area (Å²) in [5.74, 6) is -4.56. The van der Waals surface area contributed by atoms with Crippen LogP contribution in [0.3, 0.4) is 0 Å². The minimum absolute atomic E-state index is 0.150. The highest BCUT2D eigenvalue weighted by molar-refractivity contribution is 7.85. The molecule has 3 fully saturated rings. The Bertz CT molecular complexity index is 1750. The number of nitrogens with zero attached hydrogens (tertiary/aromatic N) is 3. The van der Waals surface area contributed by atoms with E-state index in [1.165, 1.54) is 22.8 Å². The van der Waals surface area contributed by atoms with Crippen molar-refractivity contribution in [3.05, 3.63) is 41.6 Å². The van der Waals surface area contributed by atoms with Crippen LogP contribution in [0.1, 0.15) is 58.6 Å². The molecule has 0 spiro atoms. The van der Waals surface area contributed by atoms with Crippen molar-refractivity contribution in [1.82, 2.24) is 25.0 Å². The van der Waals surface area contributed by atoms with Crippen LogP contribution in [-0.4, -0.2) is 111 Å². The number of hydrogen-bond acceptors (Lipinski definition) is 8. The first-order chi connectivity index (χ1) is 22.0. The number of likely N-dealkylation sites (N-methyl/N-ethyl adjacent to an activating group) is 1. The van der Waals surface area contributed by atoms with Gasteiger partial charge < -0.3 is 20.3 Å². The molecule has 3 amide bonds. The van der Waals surface area contributed by atoms with Gasteiger partial charge >= 0.3 is 0 Å². The summed E-state index contributed by atoms with van der Waals surface area (Å²) in [6, 6.07) is 4.80. The molecule has 3 saturated heterocycles. The number of aromatic amines is 1. The van der Waals surface area contributed by atoms with Gasteiger partial charge in [0.25, 0.3) is 21.9 Å². The lowest BCUT2D eigenvalue weighted by Gasteiger charge is -2.49. The van der Waals surface area contributed by atoms with Gasteiger partial charge in [-0.15, -0.1) is 0 Å². The van der Waals surface area contributed by atoms with Crippen LogP contribution in [0.2, 0.25) is 0 Å². The number of hydrogen-bond donors (Lipinski definition) is 4. The van der Waals surface area contributed by atoms with Crippen molar-refractivity contribution in [1.29, 1.82) is 0 Å². The summed E-state index contributed by atoms with van der Waals surface area (Å²) in [5.41, 5.74) is 2.78. The fourth-order valence-corrected chi connectivity index (χ4v) is 7.97. The Morgan fingerprint density at radius 1 is 1.21 bits per heavy atom. The second-order valence-corrected chi connectivity index (χ2v) is 15.7. The van der Waals surface area contributed by atoms with E-state index in [2.05, 4.69) is 33.5 Å². The zero-order valence-corrected chi connectivity index (χ0v) is 28.5. The average molecular weight is 672 g/mol. The number of carbonyl (C=O) groups is 3. The Labute approximate surface area is 275 Å². The first kappa shape index (κ1) is 33.6. The molecular formula is C33H45N5O8S. The Morgan fingerprint density at radius 3 is 2.55 bits per heavy atom. The minimum atomic E-state index is -3.66. The molecule has 5 aliphatic rings. The summed E-state index contributed by atoms with van der Waals surface area (Å²) >= 11 is 0. The maximum absolute atomic E-state index is 14.3. The molecule has 47 heavy (non-hydrogen) atoms. The maximum atomic E-state index is 14.3. The quantitative estimate of drug-likeness (QED) is 0.347. The van der Waals surface area contributed by atoms with Gasteiger partial charge in [-0.05, 0) is 61.9 Å². The second-order valence-electron chi connectivity index (χ2n) is 14.0. The summed E-state index contributed by atoms with van der Waals surface area (Å²) in [6.45, 7) is 9.69. The minimum Gasteiger partial charge on any atom is -0.361 e. The number of aromatic nitrogens is 1. The van der Waals surface area contributed by atoms with E-state index in [0.29, 0.717) is 25.9 Å². The van der Waals surface area contributed by atoms with Crippen LogP contribution in [0.15, 0.2) is 30.5 Å². The van der Waals surface area contributed by atoms with Gasteiger partial charge in [0.15, 0.2) is 0 Å². The van der Waals surface area contributed by atoms with Gasteiger partial charge in [0.1, 0.15) is 12.1 Å². The molecule has 14 heteroatoms. The van der Waals surface area contributed by atoms with Crippen molar-refractivity contribution in [2.24, 2.45) is 17.8 Å². The smallest absolute Gasteiger partial charge is 0.281 e. The van der Waals surface area contributed by atoms with Crippen LogP contribution < -0.4 is 5.32 Å². The van der Waals surface area contributed by atoms with E-state index in [9.17, 15) is 27.9 Å². The van der Waals surface area contributed by atoms with Crippen LogP contribution in [0.4, 0.5) is 0 Å². The summed E-state index contributed by atoms with van der Waals surface area (Å²) in [6.07, 6.45) is 6.21. The highest BCUT2D eigenvalue weighted by atomic mass is 32.2. The predicted molar refractivity (Wildman–Crippen MR) is 174 cm³/mol. The van der Waals surface area contributed by atoms with Crippen LogP contribution in [-0.2, 0) is 35.7 Å². The zero-order chi connectivity index (χ0) is 34.2. The van der Waals surface area contributed by atoms with Crippen molar-refractivity contribution < 1.29 is 37.2 Å². The molecule has 4 N–H and O–H groups in total. The molecule has 0 radical (unpaired) electrons. The lowest BCUT2D eigenvalue weighted by atomic mass is 9.79. The van der Waals surface area contributed by atoms with Gasteiger partial charge in [-0.2, -0.15) is 8.42 Å². The first-order valence-corrected chi connectivity index (χ1v) is 18.0. The third-order valence-corrected chi connectivity index (χ3v) is 11.1. The lowest BCUT2D eigenvalue weighted by Crippen LogP contribution is -2.72. The van der Waals surface area contributed by atoms with Crippen LogP contribution >= 0.6 is 0 Å². The average Bonchev–Trinajstić information content (AvgIpc) is 3.72. The van der Waals surface area contributed by atoms with Gasteiger partial charge in [-0.1, -0.05) is 45.9 Å². The van der Waals surface area contributed by atoms with E-state index in [1.54, 1.807) is 18.7 Å². The number of piperazine rings is 1. The van der Waals surface area contributed by atoms with Crippen molar-refractivity contribution in [3.8, 4) is 0 Å². The number of carbonyl (C=O) groups excluding carboxylic acids is 3. The molecule has 1 aromatic heterocycles. The monoisotopic (exact) mass is 671 g/mol. The van der Waals surface area contributed by atoms with Gasteiger partial charge in [0.05, 0.1) is 11.7 Å². The zero-order valence-electron chi connectivity index (χ0n) is 27.7. The number of aliphatic hydroxyl groups is 1. The first-order valence-electron chi connectivity index (χ1n) is 16.4. The Balaban J connectivity index is 0.000000591. The largest absolute Gasteiger partial charge is 0.361 e. The van der Waals surface area contributed by atoms with E-state index in [4.69, 9.17) is 9.29 Å². The van der Waals surface area contributed by atoms with Gasteiger partial charge in [-0.25, -0.2) is 0 Å². The number of rotatable bonds is 5. The van der Waals surface area contributed by atoms with E-state index >= 15 is 0 Å². The third kappa shape index (κ3) is 5.28. The SMILES string of the molecule is CC(C)C1C(=O)N2CCCC2C2(O)OC(NC(=O)C3C=C4c5cccc6[nH]cc(c56)CC4N(C)C3)(C(C)C)C(=O)N12.CCS(=O)(=O)O. The number of H-pyrrole nitrogens is 1. The standard InChI is InChI=1S/C31H39N5O5.C2H6O3S/c1-16(2)26-28(38)35-11-7-10-24(35)31(40)36(26)29(39)30(41-31,17(3)4)33-27(37)19-12-21-20-8-6-9-22-25(20)18(14-32-22)13-23(21)34(5)15-19;1-2-6(3,4)5/h6,8-9,12,14,16-17,19,23-24,26,32,40H,7,10-11,13,15H2,1-5H3,(H,33,37);2H2,1H3,(H,3,4,5). The molecule has 6 atom stereocenters. The summed E-state index contributed by atoms with van der Waals surface area (Å²) in [7, 11) is -1.63. The Kier molecular flexibility index (Phi) is 8.36. The van der Waals surface area contributed by atoms with E-state index in [1.807, 2.05) is 33.0 Å². The van der Waals surface area contributed by atoms with Crippen LogP contribution in [0.5, 0.6) is 0 Å². The van der Waals surface area contributed by atoms with Gasteiger partial charge in [-0.3, -0.25) is 33.5 Å². The molecule has 1 aromatic carbocycles. The number of nitrogens with one attached hydrogen (secondary N) is 2. The molecule has 7 rings (SSSR count). The van der Waals surface area contributed by atoms with E-state index in [-0.39, 0.29) is 29.5 Å². The highest BCUT2D eigenvalue weighted by Gasteiger charge is 2.72. The molecule has 13 nitrogen and oxygen atoms in total. The number of fused-ring (bicyclic) bond motifs is 5. The second kappa shape index (κ2) is 11.7. The number of ether oxygens (including phenoxy) is 1. The van der Waals surface area contributed by atoms with Crippen molar-refractivity contribution in [3.63, 3.8) is 0 Å². The fourth-order valence-electron chi connectivity index (χ4n) is 7.97. The molecule has 1 aliphatic carbocycles. The predicted octanol–water partition coefficient (Wildman–Crippen LogP) is 1.93. The molecule has 0 bridgehead atoms. The third-order valence-electron chi connectivity index (χ3n) is 10.4. The maximum Gasteiger partial charge on any atom is 0.281 e. The lowest BCUT2D eigenvalue weighted by molar-refractivity contribution is -0.323. The highest BCUT2D eigenvalue weighted by Crippen LogP contribution is 2.49. The summed E-state index contributed by atoms with van der Waals surface area (Å²) in [5, 5.41) is 16.2. The Morgan fingerprint density at radius 2 is 1.91 bits per heavy atom. The molecule has 4 aliphatic heterocycles. The molecule has 6 unspecified atom stereocenters. The van der Waals surface area contributed by atoms with Crippen molar-refractivity contribution in [2.75, 3.05) is 25.9 Å². The molecule has 2 aromatic rings. The Hall–Kier alpha value is -3.30. The summed E-state index contributed by atoms with van der Waals surface area (Å²) in [4.78, 5) is 50.4. The van der Waals surface area contributed by atoms with Crippen LogP contribution in [0.25, 0.3) is 16.5 Å². The number of amides is 3. The van der Waals surface area contributed by atoms with Crippen LogP contribution in [0, 0.1) is 17.8 Å². The summed E-state index contributed by atoms with van der Waals surface area (Å²) < 4.78 is 33.3. The normalized spacial score (nSPS) is 31.8. The number of benzene rings is 1. The molecular weight excluding hydrogens is 626 g/mol. The van der Waals surface area contributed by atoms with Gasteiger partial charge in [0.2, 0.25) is 17.5 Å². The topological polar surface area (TPSA) is 173 Å².